The third kappa shape index (κ3) is 4.30. The van der Waals surface area contributed by atoms with Crippen molar-refractivity contribution in [1.82, 2.24) is 5.32 Å². The topological polar surface area (TPSA) is 29.1 Å². The van der Waals surface area contributed by atoms with Crippen molar-refractivity contribution >= 4 is 17.5 Å². The number of amides is 1. The van der Waals surface area contributed by atoms with Gasteiger partial charge in [0, 0.05) is 11.1 Å². The zero-order valence-electron chi connectivity index (χ0n) is 12.0. The third-order valence-electron chi connectivity index (χ3n) is 3.20. The Morgan fingerprint density at radius 2 is 1.90 bits per heavy atom. The number of benzene rings is 2. The van der Waals surface area contributed by atoms with Gasteiger partial charge in [0.1, 0.15) is 5.82 Å². The molecule has 0 radical (unpaired) electrons. The Morgan fingerprint density at radius 1 is 1.24 bits per heavy atom. The molecule has 21 heavy (non-hydrogen) atoms. The Bertz CT molecular complexity index is 640. The second-order valence-corrected chi connectivity index (χ2v) is 5.62. The van der Waals surface area contributed by atoms with Crippen molar-refractivity contribution in [1.29, 1.82) is 0 Å². The van der Waals surface area contributed by atoms with Crippen LogP contribution in [0.4, 0.5) is 4.39 Å². The number of nitrogens with one attached hydrogen (secondary N) is 1. The number of halogens is 2. The minimum absolute atomic E-state index is 0.0727. The van der Waals surface area contributed by atoms with E-state index in [2.05, 4.69) is 5.32 Å². The van der Waals surface area contributed by atoms with Gasteiger partial charge in [0.25, 0.3) is 5.91 Å². The first-order valence-electron chi connectivity index (χ1n) is 6.77. The predicted molar refractivity (Wildman–Crippen MR) is 83.2 cm³/mol. The summed E-state index contributed by atoms with van der Waals surface area (Å²) in [5.74, 6) is -0.889. The van der Waals surface area contributed by atoms with E-state index in [1.165, 1.54) is 12.1 Å². The second-order valence-electron chi connectivity index (χ2n) is 5.19. The van der Waals surface area contributed by atoms with Gasteiger partial charge in [-0.3, -0.25) is 4.79 Å². The van der Waals surface area contributed by atoms with Crippen LogP contribution in [0.3, 0.4) is 0 Å². The van der Waals surface area contributed by atoms with E-state index in [0.29, 0.717) is 11.4 Å². The van der Waals surface area contributed by atoms with Crippen molar-refractivity contribution in [2.24, 2.45) is 0 Å². The van der Waals surface area contributed by atoms with E-state index < -0.39 is 11.7 Å². The van der Waals surface area contributed by atoms with E-state index in [1.54, 1.807) is 13.0 Å². The zero-order chi connectivity index (χ0) is 15.4. The van der Waals surface area contributed by atoms with Crippen LogP contribution in [-0.2, 0) is 6.42 Å². The van der Waals surface area contributed by atoms with E-state index in [9.17, 15) is 9.18 Å². The van der Waals surface area contributed by atoms with Gasteiger partial charge in [-0.25, -0.2) is 4.39 Å². The van der Waals surface area contributed by atoms with Crippen LogP contribution < -0.4 is 5.32 Å². The number of carbonyl (C=O) groups is 1. The summed E-state index contributed by atoms with van der Waals surface area (Å²) in [6, 6.07) is 11.9. The SMILES string of the molecule is Cc1ccc(C(=O)NC(C)Cc2ccc(Cl)cc2)c(F)c1. The Hall–Kier alpha value is -1.87. The van der Waals surface area contributed by atoms with E-state index in [4.69, 9.17) is 11.6 Å². The van der Waals surface area contributed by atoms with E-state index in [1.807, 2.05) is 31.2 Å². The van der Waals surface area contributed by atoms with Gasteiger partial charge in [0.05, 0.1) is 5.56 Å². The molecule has 4 heteroatoms. The van der Waals surface area contributed by atoms with Crippen molar-refractivity contribution in [2.45, 2.75) is 26.3 Å². The Balaban J connectivity index is 2.00. The van der Waals surface area contributed by atoms with Crippen LogP contribution in [0.1, 0.15) is 28.4 Å². The van der Waals surface area contributed by atoms with Crippen molar-refractivity contribution in [2.75, 3.05) is 0 Å². The number of rotatable bonds is 4. The number of aryl methyl sites for hydroxylation is 1. The number of carbonyl (C=O) groups excluding carboxylic acids is 1. The minimum atomic E-state index is -0.494. The van der Waals surface area contributed by atoms with E-state index in [-0.39, 0.29) is 11.6 Å². The molecule has 2 rings (SSSR count). The van der Waals surface area contributed by atoms with Gasteiger partial charge in [-0.05, 0) is 55.7 Å². The summed E-state index contributed by atoms with van der Waals surface area (Å²) >= 11 is 5.83. The lowest BCUT2D eigenvalue weighted by Crippen LogP contribution is -2.34. The van der Waals surface area contributed by atoms with Crippen LogP contribution in [0.15, 0.2) is 42.5 Å². The highest BCUT2D eigenvalue weighted by molar-refractivity contribution is 6.30. The molecule has 0 fully saturated rings. The van der Waals surface area contributed by atoms with Gasteiger partial charge < -0.3 is 5.32 Å². The molecule has 1 N–H and O–H groups in total. The Morgan fingerprint density at radius 3 is 2.52 bits per heavy atom. The largest absolute Gasteiger partial charge is 0.349 e. The fourth-order valence-corrected chi connectivity index (χ4v) is 2.26. The average molecular weight is 306 g/mol. The lowest BCUT2D eigenvalue weighted by atomic mass is 10.1. The first kappa shape index (κ1) is 15.5. The smallest absolute Gasteiger partial charge is 0.254 e. The maximum absolute atomic E-state index is 13.7. The van der Waals surface area contributed by atoms with Crippen molar-refractivity contribution < 1.29 is 9.18 Å². The van der Waals surface area contributed by atoms with Crippen LogP contribution in [0, 0.1) is 12.7 Å². The molecular weight excluding hydrogens is 289 g/mol. The molecule has 0 saturated heterocycles. The van der Waals surface area contributed by atoms with Gasteiger partial charge in [-0.15, -0.1) is 0 Å². The highest BCUT2D eigenvalue weighted by atomic mass is 35.5. The van der Waals surface area contributed by atoms with Gasteiger partial charge in [0.15, 0.2) is 0 Å². The summed E-state index contributed by atoms with van der Waals surface area (Å²) in [6.45, 7) is 3.67. The molecule has 2 aromatic carbocycles. The standard InChI is InChI=1S/C17H17ClFNO/c1-11-3-8-15(16(19)9-11)17(21)20-12(2)10-13-4-6-14(18)7-5-13/h3-9,12H,10H2,1-2H3,(H,20,21). The molecule has 0 aliphatic carbocycles. The van der Waals surface area contributed by atoms with Crippen LogP contribution in [-0.4, -0.2) is 11.9 Å². The third-order valence-corrected chi connectivity index (χ3v) is 3.45. The maximum atomic E-state index is 13.7. The van der Waals surface area contributed by atoms with Crippen LogP contribution >= 0.6 is 11.6 Å². The molecule has 0 aliphatic heterocycles. The highest BCUT2D eigenvalue weighted by Gasteiger charge is 2.14. The van der Waals surface area contributed by atoms with Crippen LogP contribution in [0.5, 0.6) is 0 Å². The molecule has 2 nitrogen and oxygen atoms in total. The first-order valence-corrected chi connectivity index (χ1v) is 7.15. The Kier molecular flexibility index (Phi) is 4.97. The Labute approximate surface area is 128 Å². The molecule has 1 unspecified atom stereocenters. The molecule has 0 saturated carbocycles. The quantitative estimate of drug-likeness (QED) is 0.903. The van der Waals surface area contributed by atoms with Crippen molar-refractivity contribution in [3.05, 3.63) is 70.0 Å². The van der Waals surface area contributed by atoms with Crippen LogP contribution in [0.2, 0.25) is 5.02 Å². The van der Waals surface area contributed by atoms with Crippen molar-refractivity contribution in [3.8, 4) is 0 Å². The summed E-state index contributed by atoms with van der Waals surface area (Å²) in [6.07, 6.45) is 0.663. The van der Waals surface area contributed by atoms with E-state index >= 15 is 0 Å². The van der Waals surface area contributed by atoms with Gasteiger partial charge in [-0.2, -0.15) is 0 Å². The van der Waals surface area contributed by atoms with Gasteiger partial charge in [0.2, 0.25) is 0 Å². The summed E-state index contributed by atoms with van der Waals surface area (Å²) < 4.78 is 13.7. The number of hydrogen-bond donors (Lipinski definition) is 1. The highest BCUT2D eigenvalue weighted by Crippen LogP contribution is 2.13. The van der Waals surface area contributed by atoms with Crippen LogP contribution in [0.25, 0.3) is 0 Å². The predicted octanol–water partition coefficient (Wildman–Crippen LogP) is 4.15. The lowest BCUT2D eigenvalue weighted by Gasteiger charge is -2.14. The van der Waals surface area contributed by atoms with Gasteiger partial charge in [-0.1, -0.05) is 29.8 Å². The molecule has 0 aliphatic rings. The minimum Gasteiger partial charge on any atom is -0.349 e. The van der Waals surface area contributed by atoms with Gasteiger partial charge >= 0.3 is 0 Å². The first-order chi connectivity index (χ1) is 9.95. The van der Waals surface area contributed by atoms with E-state index in [0.717, 1.165) is 11.1 Å². The molecule has 110 valence electrons. The summed E-state index contributed by atoms with van der Waals surface area (Å²) in [5.41, 5.74) is 1.93. The summed E-state index contributed by atoms with van der Waals surface area (Å²) in [4.78, 5) is 12.1. The molecule has 0 aromatic heterocycles. The second kappa shape index (κ2) is 6.72. The maximum Gasteiger partial charge on any atom is 0.254 e. The summed E-state index contributed by atoms with van der Waals surface area (Å²) in [5, 5.41) is 3.49. The average Bonchev–Trinajstić information content (AvgIpc) is 2.41. The molecular formula is C17H17ClFNO. The molecule has 0 spiro atoms. The monoisotopic (exact) mass is 305 g/mol. The molecule has 2 aromatic rings. The lowest BCUT2D eigenvalue weighted by molar-refractivity contribution is 0.0936. The normalized spacial score (nSPS) is 12.0. The number of hydrogen-bond acceptors (Lipinski definition) is 1. The molecule has 1 amide bonds. The molecule has 0 bridgehead atoms. The molecule has 0 heterocycles. The molecule has 1 atom stereocenters. The fraction of sp³-hybridized carbons (Fsp3) is 0.235. The zero-order valence-corrected chi connectivity index (χ0v) is 12.7. The van der Waals surface area contributed by atoms with Crippen molar-refractivity contribution in [3.63, 3.8) is 0 Å². The fourth-order valence-electron chi connectivity index (χ4n) is 2.13. The summed E-state index contributed by atoms with van der Waals surface area (Å²) in [7, 11) is 0.